The molecular weight excluding hydrogens is 268 g/mol. The molecule has 0 unspecified atom stereocenters. The van der Waals surface area contributed by atoms with Gasteiger partial charge in [-0.3, -0.25) is 9.59 Å². The second-order valence-electron chi connectivity index (χ2n) is 5.29. The molecule has 1 aromatic carbocycles. The van der Waals surface area contributed by atoms with Gasteiger partial charge in [0.05, 0.1) is 6.61 Å². The topological polar surface area (TPSA) is 67.4 Å². The summed E-state index contributed by atoms with van der Waals surface area (Å²) in [7, 11) is 0. The molecule has 0 bridgehead atoms. The average molecular weight is 292 g/mol. The van der Waals surface area contributed by atoms with E-state index < -0.39 is 5.41 Å². The minimum Gasteiger partial charge on any atom is -0.494 e. The van der Waals surface area contributed by atoms with Crippen LogP contribution in [-0.4, -0.2) is 25.0 Å². The van der Waals surface area contributed by atoms with Gasteiger partial charge in [0.25, 0.3) is 0 Å². The third kappa shape index (κ3) is 4.77. The van der Waals surface area contributed by atoms with Gasteiger partial charge in [-0.25, -0.2) is 0 Å². The van der Waals surface area contributed by atoms with Crippen molar-refractivity contribution in [1.29, 1.82) is 0 Å². The molecule has 0 aliphatic carbocycles. The van der Waals surface area contributed by atoms with E-state index in [4.69, 9.17) is 4.74 Å². The SMILES string of the molecule is CCCNC(=O)C(C)(C)C(=O)Nc1ccc(OCC)cc1. The lowest BCUT2D eigenvalue weighted by Crippen LogP contribution is -2.45. The molecule has 0 radical (unpaired) electrons. The number of amides is 2. The van der Waals surface area contributed by atoms with Crippen LogP contribution in [0.3, 0.4) is 0 Å². The average Bonchev–Trinajstić information content (AvgIpc) is 2.46. The first-order valence-electron chi connectivity index (χ1n) is 7.24. The van der Waals surface area contributed by atoms with Gasteiger partial charge in [0.1, 0.15) is 11.2 Å². The number of carbonyl (C=O) groups is 2. The zero-order valence-corrected chi connectivity index (χ0v) is 13.2. The van der Waals surface area contributed by atoms with E-state index in [0.717, 1.165) is 12.2 Å². The van der Waals surface area contributed by atoms with Gasteiger partial charge in [-0.05, 0) is 51.5 Å². The maximum Gasteiger partial charge on any atom is 0.239 e. The fourth-order valence-corrected chi connectivity index (χ4v) is 1.65. The predicted molar refractivity (Wildman–Crippen MR) is 83.3 cm³/mol. The molecule has 0 spiro atoms. The van der Waals surface area contributed by atoms with E-state index >= 15 is 0 Å². The fraction of sp³-hybridized carbons (Fsp3) is 0.500. The van der Waals surface area contributed by atoms with Crippen LogP contribution in [-0.2, 0) is 9.59 Å². The van der Waals surface area contributed by atoms with Crippen LogP contribution in [0.2, 0.25) is 0 Å². The molecule has 0 saturated heterocycles. The number of ether oxygens (including phenoxy) is 1. The van der Waals surface area contributed by atoms with E-state index in [9.17, 15) is 9.59 Å². The van der Waals surface area contributed by atoms with Crippen molar-refractivity contribution in [2.45, 2.75) is 34.1 Å². The van der Waals surface area contributed by atoms with Crippen molar-refractivity contribution in [2.24, 2.45) is 5.41 Å². The van der Waals surface area contributed by atoms with E-state index in [0.29, 0.717) is 18.8 Å². The van der Waals surface area contributed by atoms with Crippen LogP contribution in [0.25, 0.3) is 0 Å². The standard InChI is InChI=1S/C16H24N2O3/c1-5-11-17-14(19)16(3,4)15(20)18-12-7-9-13(10-8-12)21-6-2/h7-10H,5-6,11H2,1-4H3,(H,17,19)(H,18,20). The number of rotatable bonds is 7. The van der Waals surface area contributed by atoms with E-state index in [1.54, 1.807) is 38.1 Å². The number of nitrogens with one attached hydrogen (secondary N) is 2. The summed E-state index contributed by atoms with van der Waals surface area (Å²) in [5, 5.41) is 5.50. The molecule has 2 N–H and O–H groups in total. The molecule has 2 amide bonds. The van der Waals surface area contributed by atoms with Gasteiger partial charge in [0.2, 0.25) is 11.8 Å². The molecule has 0 fully saturated rings. The molecule has 5 heteroatoms. The summed E-state index contributed by atoms with van der Waals surface area (Å²) >= 11 is 0. The molecular formula is C16H24N2O3. The minimum absolute atomic E-state index is 0.271. The van der Waals surface area contributed by atoms with Gasteiger partial charge in [-0.1, -0.05) is 6.92 Å². The number of benzene rings is 1. The van der Waals surface area contributed by atoms with Gasteiger partial charge < -0.3 is 15.4 Å². The van der Waals surface area contributed by atoms with E-state index in [1.807, 2.05) is 13.8 Å². The summed E-state index contributed by atoms with van der Waals surface area (Å²) in [5.74, 6) is 0.142. The lowest BCUT2D eigenvalue weighted by atomic mass is 9.91. The molecule has 0 aliphatic heterocycles. The van der Waals surface area contributed by atoms with Crippen molar-refractivity contribution in [3.05, 3.63) is 24.3 Å². The van der Waals surface area contributed by atoms with Crippen LogP contribution in [0.5, 0.6) is 5.75 Å². The van der Waals surface area contributed by atoms with Crippen molar-refractivity contribution in [3.8, 4) is 5.75 Å². The van der Waals surface area contributed by atoms with Crippen molar-refractivity contribution in [1.82, 2.24) is 5.32 Å². The minimum atomic E-state index is -1.12. The molecule has 21 heavy (non-hydrogen) atoms. The van der Waals surface area contributed by atoms with Crippen LogP contribution in [0.15, 0.2) is 24.3 Å². The molecule has 5 nitrogen and oxygen atoms in total. The van der Waals surface area contributed by atoms with Gasteiger partial charge >= 0.3 is 0 Å². The quantitative estimate of drug-likeness (QED) is 0.759. The predicted octanol–water partition coefficient (Wildman–Crippen LogP) is 2.58. The first-order valence-corrected chi connectivity index (χ1v) is 7.24. The van der Waals surface area contributed by atoms with Gasteiger partial charge in [0.15, 0.2) is 0 Å². The number of carbonyl (C=O) groups excluding carboxylic acids is 2. The van der Waals surface area contributed by atoms with E-state index in [-0.39, 0.29) is 11.8 Å². The maximum absolute atomic E-state index is 12.2. The smallest absolute Gasteiger partial charge is 0.239 e. The van der Waals surface area contributed by atoms with Crippen LogP contribution < -0.4 is 15.4 Å². The Labute approximate surface area is 126 Å². The molecule has 1 rings (SSSR count). The Morgan fingerprint density at radius 1 is 1.10 bits per heavy atom. The normalized spacial score (nSPS) is 10.9. The summed E-state index contributed by atoms with van der Waals surface area (Å²) in [6.07, 6.45) is 0.836. The zero-order valence-electron chi connectivity index (χ0n) is 13.2. The Bertz CT molecular complexity index is 481. The molecule has 0 heterocycles. The Morgan fingerprint density at radius 3 is 2.24 bits per heavy atom. The summed E-state index contributed by atoms with van der Waals surface area (Å²) in [4.78, 5) is 24.2. The van der Waals surface area contributed by atoms with Crippen LogP contribution in [0.1, 0.15) is 34.1 Å². The van der Waals surface area contributed by atoms with Crippen molar-refractivity contribution in [2.75, 3.05) is 18.5 Å². The summed E-state index contributed by atoms with van der Waals surface area (Å²) in [6.45, 7) is 8.26. The van der Waals surface area contributed by atoms with Crippen molar-refractivity contribution >= 4 is 17.5 Å². The Balaban J connectivity index is 2.68. The van der Waals surface area contributed by atoms with Gasteiger partial charge in [0, 0.05) is 12.2 Å². The van der Waals surface area contributed by atoms with Crippen LogP contribution in [0.4, 0.5) is 5.69 Å². The first kappa shape index (κ1) is 17.0. The lowest BCUT2D eigenvalue weighted by Gasteiger charge is -2.22. The molecule has 0 atom stereocenters. The summed E-state index contributed by atoms with van der Waals surface area (Å²) in [6, 6.07) is 7.07. The third-order valence-corrected chi connectivity index (χ3v) is 3.09. The zero-order chi connectivity index (χ0) is 15.9. The fourth-order valence-electron chi connectivity index (χ4n) is 1.65. The molecule has 0 aromatic heterocycles. The maximum atomic E-state index is 12.2. The highest BCUT2D eigenvalue weighted by Gasteiger charge is 2.35. The summed E-state index contributed by atoms with van der Waals surface area (Å²) in [5.41, 5.74) is -0.479. The van der Waals surface area contributed by atoms with Gasteiger partial charge in [-0.2, -0.15) is 0 Å². The monoisotopic (exact) mass is 292 g/mol. The van der Waals surface area contributed by atoms with Crippen molar-refractivity contribution < 1.29 is 14.3 Å². The molecule has 0 saturated carbocycles. The van der Waals surface area contributed by atoms with E-state index in [2.05, 4.69) is 10.6 Å². The molecule has 116 valence electrons. The second-order valence-corrected chi connectivity index (χ2v) is 5.29. The lowest BCUT2D eigenvalue weighted by molar-refractivity contribution is -0.138. The van der Waals surface area contributed by atoms with Crippen LogP contribution >= 0.6 is 0 Å². The largest absolute Gasteiger partial charge is 0.494 e. The second kappa shape index (κ2) is 7.67. The Hall–Kier alpha value is -2.04. The summed E-state index contributed by atoms with van der Waals surface area (Å²) < 4.78 is 5.34. The first-order chi connectivity index (χ1) is 9.91. The number of anilines is 1. The molecule has 1 aromatic rings. The van der Waals surface area contributed by atoms with Crippen LogP contribution in [0, 0.1) is 5.41 Å². The van der Waals surface area contributed by atoms with Gasteiger partial charge in [-0.15, -0.1) is 0 Å². The Morgan fingerprint density at radius 2 is 1.71 bits per heavy atom. The Kier molecular flexibility index (Phi) is 6.21. The highest BCUT2D eigenvalue weighted by molar-refractivity contribution is 6.09. The third-order valence-electron chi connectivity index (χ3n) is 3.09. The van der Waals surface area contributed by atoms with Crippen molar-refractivity contribution in [3.63, 3.8) is 0 Å². The number of hydrogen-bond acceptors (Lipinski definition) is 3. The van der Waals surface area contributed by atoms with E-state index in [1.165, 1.54) is 0 Å². The highest BCUT2D eigenvalue weighted by Crippen LogP contribution is 2.21. The molecule has 0 aliphatic rings. The highest BCUT2D eigenvalue weighted by atomic mass is 16.5. The number of hydrogen-bond donors (Lipinski definition) is 2.